The van der Waals surface area contributed by atoms with E-state index in [4.69, 9.17) is 0 Å². The van der Waals surface area contributed by atoms with E-state index in [-0.39, 0.29) is 10.6 Å². The maximum absolute atomic E-state index is 13.4. The van der Waals surface area contributed by atoms with Crippen LogP contribution < -0.4 is 4.72 Å². The van der Waals surface area contributed by atoms with Crippen LogP contribution in [-0.4, -0.2) is 18.2 Å². The molecule has 3 rings (SSSR count). The molecule has 0 unspecified atom stereocenters. The Morgan fingerprint density at radius 2 is 1.79 bits per heavy atom. The van der Waals surface area contributed by atoms with E-state index < -0.39 is 33.3 Å². The number of aromatic nitrogens is 2. The Hall–Kier alpha value is -2.88. The lowest BCUT2D eigenvalue weighted by Crippen LogP contribution is -2.15. The van der Waals surface area contributed by atoms with Crippen LogP contribution in [0, 0.1) is 12.7 Å². The van der Waals surface area contributed by atoms with E-state index >= 15 is 0 Å². The molecule has 0 saturated carbocycles. The van der Waals surface area contributed by atoms with Crippen molar-refractivity contribution in [1.29, 1.82) is 0 Å². The van der Waals surface area contributed by atoms with Crippen molar-refractivity contribution in [3.63, 3.8) is 0 Å². The highest BCUT2D eigenvalue weighted by Gasteiger charge is 2.34. The van der Waals surface area contributed by atoms with E-state index in [9.17, 15) is 26.0 Å². The molecule has 0 radical (unpaired) electrons. The number of aryl methyl sites for hydroxylation is 1. The number of hydrogen-bond donors (Lipinski definition) is 1. The van der Waals surface area contributed by atoms with Gasteiger partial charge in [0, 0.05) is 11.9 Å². The number of sulfonamides is 1. The molecule has 0 aliphatic carbocycles. The van der Waals surface area contributed by atoms with E-state index in [0.717, 1.165) is 11.6 Å². The number of anilines is 1. The van der Waals surface area contributed by atoms with Gasteiger partial charge in [-0.05, 0) is 30.7 Å². The number of alkyl halides is 3. The van der Waals surface area contributed by atoms with Gasteiger partial charge in [-0.2, -0.15) is 18.3 Å². The van der Waals surface area contributed by atoms with Crippen molar-refractivity contribution < 1.29 is 26.0 Å². The van der Waals surface area contributed by atoms with Gasteiger partial charge in [0.25, 0.3) is 10.0 Å². The van der Waals surface area contributed by atoms with E-state index in [1.807, 2.05) is 35.1 Å². The zero-order chi connectivity index (χ0) is 20.5. The molecule has 0 amide bonds. The Morgan fingerprint density at radius 1 is 1.11 bits per heavy atom. The minimum atomic E-state index is -4.94. The number of rotatable bonds is 5. The van der Waals surface area contributed by atoms with E-state index in [2.05, 4.69) is 5.10 Å². The van der Waals surface area contributed by atoms with Gasteiger partial charge < -0.3 is 0 Å². The number of nitrogens with one attached hydrogen (secondary N) is 1. The lowest BCUT2D eigenvalue weighted by molar-refractivity contribution is -0.139. The highest BCUT2D eigenvalue weighted by Crippen LogP contribution is 2.33. The third kappa shape index (κ3) is 4.33. The fraction of sp³-hybridized carbons (Fsp3) is 0.167. The third-order valence-corrected chi connectivity index (χ3v) is 5.39. The highest BCUT2D eigenvalue weighted by atomic mass is 32.2. The fourth-order valence-electron chi connectivity index (χ4n) is 2.63. The summed E-state index contributed by atoms with van der Waals surface area (Å²) < 4.78 is 80.5. The first-order valence-electron chi connectivity index (χ1n) is 8.04. The Balaban J connectivity index is 1.88. The second-order valence-electron chi connectivity index (χ2n) is 6.06. The Morgan fingerprint density at radius 3 is 2.43 bits per heavy atom. The van der Waals surface area contributed by atoms with Crippen LogP contribution in [0.4, 0.5) is 23.2 Å². The quantitative estimate of drug-likeness (QED) is 0.638. The lowest BCUT2D eigenvalue weighted by Gasteiger charge is -2.11. The first-order valence-corrected chi connectivity index (χ1v) is 9.52. The summed E-state index contributed by atoms with van der Waals surface area (Å²) in [5.74, 6) is -1.48. The maximum Gasteiger partial charge on any atom is 0.419 e. The topological polar surface area (TPSA) is 64.0 Å². The molecular weight excluding hydrogens is 398 g/mol. The van der Waals surface area contributed by atoms with Crippen LogP contribution in [0.15, 0.2) is 59.6 Å². The van der Waals surface area contributed by atoms with Gasteiger partial charge in [-0.25, -0.2) is 12.8 Å². The molecule has 5 nitrogen and oxygen atoms in total. The summed E-state index contributed by atoms with van der Waals surface area (Å²) in [5, 5.41) is 4.14. The van der Waals surface area contributed by atoms with Gasteiger partial charge in [0.15, 0.2) is 0 Å². The highest BCUT2D eigenvalue weighted by molar-refractivity contribution is 7.92. The minimum Gasteiger partial charge on any atom is -0.280 e. The summed E-state index contributed by atoms with van der Waals surface area (Å²) in [6.07, 6.45) is -3.65. The van der Waals surface area contributed by atoms with E-state index in [1.165, 1.54) is 17.8 Å². The van der Waals surface area contributed by atoms with Crippen molar-refractivity contribution in [2.24, 2.45) is 0 Å². The third-order valence-electron chi connectivity index (χ3n) is 3.90. The molecule has 0 saturated heterocycles. The normalized spacial score (nSPS) is 12.2. The van der Waals surface area contributed by atoms with Gasteiger partial charge in [0.05, 0.1) is 17.8 Å². The zero-order valence-corrected chi connectivity index (χ0v) is 15.4. The van der Waals surface area contributed by atoms with Gasteiger partial charge in [-0.1, -0.05) is 30.3 Å². The molecule has 0 aliphatic heterocycles. The van der Waals surface area contributed by atoms with Crippen molar-refractivity contribution in [2.45, 2.75) is 24.5 Å². The molecule has 1 N–H and O–H groups in total. The molecule has 28 heavy (non-hydrogen) atoms. The molecular formula is C18H15F4N3O2S. The van der Waals surface area contributed by atoms with Crippen LogP contribution in [0.2, 0.25) is 0 Å². The molecule has 0 aliphatic rings. The van der Waals surface area contributed by atoms with Crippen molar-refractivity contribution in [3.8, 4) is 0 Å². The van der Waals surface area contributed by atoms with Crippen LogP contribution in [0.3, 0.4) is 0 Å². The molecule has 10 heteroatoms. The van der Waals surface area contributed by atoms with E-state index in [1.54, 1.807) is 0 Å². The molecule has 2 aromatic carbocycles. The standard InChI is InChI=1S/C18H15F4N3O2S/c1-12-17(11-25(23-12)10-13-5-3-2-4-6-13)28(26,27)24-14-7-8-16(19)15(9-14)18(20,21)22/h2-9,11,24H,10H2,1H3. The van der Waals surface area contributed by atoms with Crippen LogP contribution in [0.25, 0.3) is 0 Å². The molecule has 0 fully saturated rings. The van der Waals surface area contributed by atoms with Crippen molar-refractivity contribution in [3.05, 3.63) is 77.4 Å². The zero-order valence-electron chi connectivity index (χ0n) is 14.5. The molecule has 1 heterocycles. The van der Waals surface area contributed by atoms with Gasteiger partial charge in [0.1, 0.15) is 10.7 Å². The summed E-state index contributed by atoms with van der Waals surface area (Å²) in [7, 11) is -4.21. The average molecular weight is 413 g/mol. The maximum atomic E-state index is 13.4. The second-order valence-corrected chi connectivity index (χ2v) is 7.71. The molecule has 148 valence electrons. The van der Waals surface area contributed by atoms with Gasteiger partial charge in [0.2, 0.25) is 0 Å². The summed E-state index contributed by atoms with van der Waals surface area (Å²) in [5.41, 5.74) is -0.870. The first-order chi connectivity index (χ1) is 13.1. The summed E-state index contributed by atoms with van der Waals surface area (Å²) in [4.78, 5) is -0.179. The number of benzene rings is 2. The summed E-state index contributed by atoms with van der Waals surface area (Å²) >= 11 is 0. The number of hydrogen-bond acceptors (Lipinski definition) is 3. The van der Waals surface area contributed by atoms with Crippen LogP contribution >= 0.6 is 0 Å². The minimum absolute atomic E-state index is 0.179. The first kappa shape index (κ1) is 19.9. The van der Waals surface area contributed by atoms with Crippen molar-refractivity contribution in [1.82, 2.24) is 9.78 Å². The smallest absolute Gasteiger partial charge is 0.280 e. The summed E-state index contributed by atoms with van der Waals surface area (Å²) in [6, 6.07) is 11.1. The van der Waals surface area contributed by atoms with E-state index in [0.29, 0.717) is 18.7 Å². The molecule has 0 spiro atoms. The van der Waals surface area contributed by atoms with Gasteiger partial charge in [-0.15, -0.1) is 0 Å². The second kappa shape index (κ2) is 7.27. The number of nitrogens with zero attached hydrogens (tertiary/aromatic N) is 2. The lowest BCUT2D eigenvalue weighted by atomic mass is 10.2. The fourth-order valence-corrected chi connectivity index (χ4v) is 3.87. The van der Waals surface area contributed by atoms with Crippen molar-refractivity contribution in [2.75, 3.05) is 4.72 Å². The van der Waals surface area contributed by atoms with Gasteiger partial charge >= 0.3 is 6.18 Å². The molecule has 3 aromatic rings. The monoisotopic (exact) mass is 413 g/mol. The predicted molar refractivity (Wildman–Crippen MR) is 94.7 cm³/mol. The number of halogens is 4. The Labute approximate surface area is 158 Å². The Kier molecular flexibility index (Phi) is 5.16. The average Bonchev–Trinajstić information content (AvgIpc) is 2.97. The SMILES string of the molecule is Cc1nn(Cc2ccccc2)cc1S(=O)(=O)Nc1ccc(F)c(C(F)(F)F)c1. The molecule has 1 aromatic heterocycles. The molecule has 0 atom stereocenters. The van der Waals surface area contributed by atoms with Crippen LogP contribution in [-0.2, 0) is 22.7 Å². The Bertz CT molecular complexity index is 1090. The summed E-state index contributed by atoms with van der Waals surface area (Å²) in [6.45, 7) is 1.80. The predicted octanol–water partition coefficient (Wildman–Crippen LogP) is 4.20. The molecule has 0 bridgehead atoms. The van der Waals surface area contributed by atoms with Gasteiger partial charge in [-0.3, -0.25) is 9.40 Å². The van der Waals surface area contributed by atoms with Crippen molar-refractivity contribution >= 4 is 15.7 Å². The van der Waals surface area contributed by atoms with Crippen LogP contribution in [0.1, 0.15) is 16.8 Å². The largest absolute Gasteiger partial charge is 0.419 e. The van der Waals surface area contributed by atoms with Crippen LogP contribution in [0.5, 0.6) is 0 Å².